The number of fused-ring (bicyclic) bond motifs is 2. The highest BCUT2D eigenvalue weighted by Crippen LogP contribution is 2.39. The second kappa shape index (κ2) is 10.3. The van der Waals surface area contributed by atoms with E-state index in [9.17, 15) is 4.79 Å². The van der Waals surface area contributed by atoms with Gasteiger partial charge < -0.3 is 15.1 Å². The molecule has 0 spiro atoms. The molecule has 1 aromatic carbocycles. The van der Waals surface area contributed by atoms with Crippen molar-refractivity contribution in [2.75, 3.05) is 20.1 Å². The molecule has 6 nitrogen and oxygen atoms in total. The average Bonchev–Trinajstić information content (AvgIpc) is 3.48. The summed E-state index contributed by atoms with van der Waals surface area (Å²) in [6, 6.07) is 14.0. The summed E-state index contributed by atoms with van der Waals surface area (Å²) in [6.07, 6.45) is 6.69. The normalized spacial score (nSPS) is 20.1. The Kier molecular flexibility index (Phi) is 7.02. The summed E-state index contributed by atoms with van der Waals surface area (Å²) in [5, 5.41) is 4.40. The lowest BCUT2D eigenvalue weighted by molar-refractivity contribution is -0.108. The summed E-state index contributed by atoms with van der Waals surface area (Å²) >= 11 is 0. The minimum Gasteiger partial charge on any atom is -0.391 e. The molecule has 2 unspecified atom stereocenters. The van der Waals surface area contributed by atoms with Crippen LogP contribution < -0.4 is 5.32 Å². The zero-order valence-electron chi connectivity index (χ0n) is 21.0. The summed E-state index contributed by atoms with van der Waals surface area (Å²) in [6.45, 7) is 10.5. The number of aldehydes is 1. The van der Waals surface area contributed by atoms with Crippen LogP contribution >= 0.6 is 0 Å². The zero-order chi connectivity index (χ0) is 24.4. The monoisotopic (exact) mass is 471 g/mol. The van der Waals surface area contributed by atoms with Crippen LogP contribution in [0.5, 0.6) is 0 Å². The van der Waals surface area contributed by atoms with E-state index < -0.39 is 0 Å². The third-order valence-corrected chi connectivity index (χ3v) is 8.06. The smallest absolute Gasteiger partial charge is 0.137 e. The molecule has 2 N–H and O–H groups in total. The number of rotatable bonds is 9. The lowest BCUT2D eigenvalue weighted by Gasteiger charge is -2.32. The Labute approximate surface area is 208 Å². The Morgan fingerprint density at radius 1 is 1.26 bits per heavy atom. The van der Waals surface area contributed by atoms with Gasteiger partial charge in [0.1, 0.15) is 11.9 Å². The van der Waals surface area contributed by atoms with E-state index in [4.69, 9.17) is 4.98 Å². The molecular weight excluding hydrogens is 434 g/mol. The minimum absolute atomic E-state index is 0.165. The molecule has 2 atom stereocenters. The first-order valence-corrected chi connectivity index (χ1v) is 12.9. The van der Waals surface area contributed by atoms with Gasteiger partial charge >= 0.3 is 0 Å². The third kappa shape index (κ3) is 4.91. The van der Waals surface area contributed by atoms with Crippen LogP contribution in [-0.4, -0.2) is 52.2 Å². The number of aromatic nitrogens is 2. The molecule has 35 heavy (non-hydrogen) atoms. The number of H-pyrrole nitrogens is 1. The van der Waals surface area contributed by atoms with Crippen molar-refractivity contribution in [3.8, 4) is 0 Å². The Morgan fingerprint density at radius 3 is 2.86 bits per heavy atom. The fourth-order valence-corrected chi connectivity index (χ4v) is 5.96. The fraction of sp³-hybridized carbons (Fsp3) is 0.448. The van der Waals surface area contributed by atoms with Crippen LogP contribution in [0.3, 0.4) is 0 Å². The highest BCUT2D eigenvalue weighted by Gasteiger charge is 2.33. The van der Waals surface area contributed by atoms with Crippen molar-refractivity contribution in [3.63, 3.8) is 0 Å². The summed E-state index contributed by atoms with van der Waals surface area (Å²) in [7, 11) is 1.92. The topological polar surface area (TPSA) is 64.3 Å². The molecule has 2 aromatic heterocycles. The van der Waals surface area contributed by atoms with E-state index in [2.05, 4.69) is 70.0 Å². The van der Waals surface area contributed by atoms with Gasteiger partial charge in [-0.1, -0.05) is 24.8 Å². The number of pyridine rings is 1. The summed E-state index contributed by atoms with van der Waals surface area (Å²) in [4.78, 5) is 24.1. The molecule has 0 bridgehead atoms. The van der Waals surface area contributed by atoms with Gasteiger partial charge in [0.2, 0.25) is 0 Å². The maximum atomic E-state index is 11.0. The molecule has 2 aliphatic heterocycles. The van der Waals surface area contributed by atoms with Crippen LogP contribution in [-0.2, 0) is 17.9 Å². The standard InChI is InChI=1S/C29H37N5O/c1-20(30-3)28(5-4-16-35)34-18-25-17-24(7-9-27(25)21(34)2)22-11-14-33(15-12-22)19-26-8-6-23-10-13-31-29(23)32-26/h6-10,13,16-17,21-22,28,30H,1,4-5,11-12,14-15,18-19H2,2-3H3,(H,31,32). The second-order valence-electron chi connectivity index (χ2n) is 10.1. The number of likely N-dealkylation sites (N-methyl/N-ethyl adjacent to an activating group) is 1. The highest BCUT2D eigenvalue weighted by atomic mass is 16.1. The predicted molar refractivity (Wildman–Crippen MR) is 141 cm³/mol. The van der Waals surface area contributed by atoms with Gasteiger partial charge in [0.15, 0.2) is 0 Å². The molecule has 184 valence electrons. The number of piperidine rings is 1. The molecule has 2 aliphatic rings. The van der Waals surface area contributed by atoms with E-state index in [-0.39, 0.29) is 6.04 Å². The van der Waals surface area contributed by atoms with Gasteiger partial charge in [-0.3, -0.25) is 9.80 Å². The first-order valence-electron chi connectivity index (χ1n) is 12.9. The molecule has 0 amide bonds. The Bertz CT molecular complexity index is 1190. The van der Waals surface area contributed by atoms with Gasteiger partial charge in [0.05, 0.1) is 11.7 Å². The number of nitrogens with one attached hydrogen (secondary N) is 2. The van der Waals surface area contributed by atoms with Crippen molar-refractivity contribution in [2.45, 2.75) is 63.7 Å². The molecule has 1 saturated heterocycles. The molecule has 0 aliphatic carbocycles. The Balaban J connectivity index is 1.22. The van der Waals surface area contributed by atoms with Gasteiger partial charge in [-0.05, 0) is 80.1 Å². The number of benzene rings is 1. The number of carbonyl (C=O) groups is 1. The number of hydrogen-bond acceptors (Lipinski definition) is 5. The van der Waals surface area contributed by atoms with Gasteiger partial charge in [-0.25, -0.2) is 4.98 Å². The van der Waals surface area contributed by atoms with Crippen LogP contribution in [0.4, 0.5) is 0 Å². The van der Waals surface area contributed by atoms with Crippen LogP contribution in [0.1, 0.15) is 67.0 Å². The maximum Gasteiger partial charge on any atom is 0.137 e. The van der Waals surface area contributed by atoms with Crippen LogP contribution in [0.2, 0.25) is 0 Å². The van der Waals surface area contributed by atoms with Gasteiger partial charge in [-0.2, -0.15) is 0 Å². The summed E-state index contributed by atoms with van der Waals surface area (Å²) in [5.74, 6) is 0.609. The van der Waals surface area contributed by atoms with Crippen LogP contribution in [0, 0.1) is 0 Å². The number of carbonyl (C=O) groups excluding carboxylic acids is 1. The molecule has 3 aromatic rings. The highest BCUT2D eigenvalue weighted by molar-refractivity contribution is 5.75. The number of hydrogen-bond donors (Lipinski definition) is 2. The number of likely N-dealkylation sites (tertiary alicyclic amines) is 1. The van der Waals surface area contributed by atoms with Crippen LogP contribution in [0.25, 0.3) is 11.0 Å². The van der Waals surface area contributed by atoms with E-state index in [0.29, 0.717) is 18.4 Å². The second-order valence-corrected chi connectivity index (χ2v) is 10.1. The van der Waals surface area contributed by atoms with Crippen molar-refractivity contribution >= 4 is 17.3 Å². The molecule has 6 heteroatoms. The summed E-state index contributed by atoms with van der Waals surface area (Å²) < 4.78 is 0. The lowest BCUT2D eigenvalue weighted by atomic mass is 9.87. The van der Waals surface area contributed by atoms with Crippen molar-refractivity contribution in [2.24, 2.45) is 0 Å². The van der Waals surface area contributed by atoms with Crippen molar-refractivity contribution in [1.29, 1.82) is 0 Å². The number of nitrogens with zero attached hydrogens (tertiary/aromatic N) is 3. The lowest BCUT2D eigenvalue weighted by Crippen LogP contribution is -2.37. The molecule has 0 saturated carbocycles. The third-order valence-electron chi connectivity index (χ3n) is 8.06. The van der Waals surface area contributed by atoms with Gasteiger partial charge in [-0.15, -0.1) is 0 Å². The van der Waals surface area contributed by atoms with E-state index in [1.54, 1.807) is 0 Å². The van der Waals surface area contributed by atoms with E-state index in [1.165, 1.54) is 34.9 Å². The Morgan fingerprint density at radius 2 is 2.09 bits per heavy atom. The molecule has 4 heterocycles. The van der Waals surface area contributed by atoms with Crippen LogP contribution in [0.15, 0.2) is 54.9 Å². The average molecular weight is 472 g/mol. The van der Waals surface area contributed by atoms with Crippen molar-refractivity contribution in [3.05, 3.63) is 77.3 Å². The van der Waals surface area contributed by atoms with E-state index in [0.717, 1.165) is 55.9 Å². The zero-order valence-corrected chi connectivity index (χ0v) is 21.0. The SMILES string of the molecule is C=C(NC)C(CCC=O)N1Cc2cc(C3CCN(Cc4ccc5cc[nH]c5n4)CC3)ccc2C1C. The maximum absolute atomic E-state index is 11.0. The Hall–Kier alpha value is -2.96. The number of aromatic amines is 1. The first kappa shape index (κ1) is 23.8. The molecular formula is C29H37N5O. The first-order chi connectivity index (χ1) is 17.1. The van der Waals surface area contributed by atoms with Gasteiger partial charge in [0, 0.05) is 49.9 Å². The molecule has 5 rings (SSSR count). The molecule has 0 radical (unpaired) electrons. The largest absolute Gasteiger partial charge is 0.391 e. The van der Waals surface area contributed by atoms with E-state index >= 15 is 0 Å². The summed E-state index contributed by atoms with van der Waals surface area (Å²) in [5.41, 5.74) is 7.42. The quantitative estimate of drug-likeness (QED) is 0.435. The fourth-order valence-electron chi connectivity index (χ4n) is 5.96. The van der Waals surface area contributed by atoms with E-state index in [1.807, 2.05) is 13.2 Å². The van der Waals surface area contributed by atoms with Gasteiger partial charge in [0.25, 0.3) is 0 Å². The van der Waals surface area contributed by atoms with Crippen molar-refractivity contribution in [1.82, 2.24) is 25.1 Å². The molecule has 1 fully saturated rings. The predicted octanol–water partition coefficient (Wildman–Crippen LogP) is 4.90. The van der Waals surface area contributed by atoms with Crippen molar-refractivity contribution < 1.29 is 4.79 Å². The minimum atomic E-state index is 0.165.